The Morgan fingerprint density at radius 1 is 1.12 bits per heavy atom. The summed E-state index contributed by atoms with van der Waals surface area (Å²) in [6, 6.07) is 13.9. The fourth-order valence-corrected chi connectivity index (χ4v) is 4.06. The van der Waals surface area contributed by atoms with E-state index in [0.717, 1.165) is 34.4 Å². The van der Waals surface area contributed by atoms with Crippen LogP contribution in [0.3, 0.4) is 0 Å². The number of nitrogens with zero attached hydrogens (tertiary/aromatic N) is 4. The van der Waals surface area contributed by atoms with Crippen LogP contribution in [0, 0.1) is 0 Å². The van der Waals surface area contributed by atoms with Gasteiger partial charge in [-0.05, 0) is 29.8 Å². The average Bonchev–Trinajstić information content (AvgIpc) is 3.22. The van der Waals surface area contributed by atoms with Crippen molar-refractivity contribution in [1.29, 1.82) is 0 Å². The van der Waals surface area contributed by atoms with Gasteiger partial charge in [0.05, 0.1) is 5.56 Å². The van der Waals surface area contributed by atoms with Crippen LogP contribution < -0.4 is 15.8 Å². The molecule has 1 N–H and O–H groups in total. The van der Waals surface area contributed by atoms with Crippen molar-refractivity contribution in [2.24, 2.45) is 0 Å². The van der Waals surface area contributed by atoms with Gasteiger partial charge >= 0.3 is 6.18 Å². The van der Waals surface area contributed by atoms with Crippen molar-refractivity contribution < 1.29 is 18.0 Å². The van der Waals surface area contributed by atoms with E-state index in [0.29, 0.717) is 22.0 Å². The molecule has 2 aromatic carbocycles. The van der Waals surface area contributed by atoms with E-state index in [2.05, 4.69) is 15.3 Å². The van der Waals surface area contributed by atoms with E-state index < -0.39 is 23.2 Å². The van der Waals surface area contributed by atoms with Crippen LogP contribution in [-0.2, 0) is 24.1 Å². The highest BCUT2D eigenvalue weighted by atomic mass is 32.1. The van der Waals surface area contributed by atoms with Gasteiger partial charge in [0, 0.05) is 19.3 Å². The maximum Gasteiger partial charge on any atom is 0.416 e. The number of fused-ring (bicyclic) bond motifs is 1. The molecule has 4 rings (SSSR count). The highest BCUT2D eigenvalue weighted by Crippen LogP contribution is 2.30. The van der Waals surface area contributed by atoms with Crippen LogP contribution in [0.2, 0.25) is 0 Å². The van der Waals surface area contributed by atoms with E-state index in [-0.39, 0.29) is 12.2 Å². The lowest BCUT2D eigenvalue weighted by Crippen LogP contribution is -2.27. The quantitative estimate of drug-likeness (QED) is 0.455. The van der Waals surface area contributed by atoms with E-state index in [1.54, 1.807) is 0 Å². The van der Waals surface area contributed by atoms with Crippen molar-refractivity contribution in [1.82, 2.24) is 14.5 Å². The third kappa shape index (κ3) is 5.20. The average molecular weight is 473 g/mol. The van der Waals surface area contributed by atoms with Crippen molar-refractivity contribution in [3.63, 3.8) is 0 Å². The first-order chi connectivity index (χ1) is 15.7. The van der Waals surface area contributed by atoms with Crippen LogP contribution in [0.25, 0.3) is 10.3 Å². The standard InChI is InChI=1S/C22H18F3N5O2S/c1-29(11-14-5-3-2-4-6-14)21-28-19-18(33-21)20(32)30(13-26-19)12-17(31)27-16-9-7-15(8-10-16)22(23,24)25/h2-10,13H,11-12H2,1H3,(H,27,31). The van der Waals surface area contributed by atoms with Gasteiger partial charge in [-0.3, -0.25) is 14.2 Å². The molecule has 0 fully saturated rings. The zero-order valence-corrected chi connectivity index (χ0v) is 18.2. The lowest BCUT2D eigenvalue weighted by molar-refractivity contribution is -0.137. The molecule has 0 spiro atoms. The number of carbonyl (C=O) groups excluding carboxylic acids is 1. The number of benzene rings is 2. The summed E-state index contributed by atoms with van der Waals surface area (Å²) in [6.45, 7) is 0.264. The Kier molecular flexibility index (Phi) is 6.14. The summed E-state index contributed by atoms with van der Waals surface area (Å²) in [5.74, 6) is -0.566. The fourth-order valence-electron chi connectivity index (χ4n) is 3.13. The van der Waals surface area contributed by atoms with Crippen molar-refractivity contribution >= 4 is 38.4 Å². The van der Waals surface area contributed by atoms with Crippen LogP contribution in [0.4, 0.5) is 24.0 Å². The zero-order chi connectivity index (χ0) is 23.6. The highest BCUT2D eigenvalue weighted by Gasteiger charge is 2.30. The van der Waals surface area contributed by atoms with E-state index in [1.165, 1.54) is 17.7 Å². The van der Waals surface area contributed by atoms with Gasteiger partial charge in [-0.15, -0.1) is 0 Å². The molecule has 1 amide bonds. The Morgan fingerprint density at radius 3 is 2.48 bits per heavy atom. The monoisotopic (exact) mass is 473 g/mol. The molecule has 4 aromatic rings. The Morgan fingerprint density at radius 2 is 1.82 bits per heavy atom. The lowest BCUT2D eigenvalue weighted by Gasteiger charge is -2.15. The summed E-state index contributed by atoms with van der Waals surface area (Å²) in [4.78, 5) is 35.7. The van der Waals surface area contributed by atoms with Gasteiger partial charge in [0.1, 0.15) is 17.6 Å². The lowest BCUT2D eigenvalue weighted by atomic mass is 10.2. The number of carbonyl (C=O) groups is 1. The SMILES string of the molecule is CN(Cc1ccccc1)c1nc2ncn(CC(=O)Nc3ccc(C(F)(F)F)cc3)c(=O)c2s1. The van der Waals surface area contributed by atoms with Crippen LogP contribution in [0.1, 0.15) is 11.1 Å². The number of aromatic nitrogens is 3. The van der Waals surface area contributed by atoms with Gasteiger partial charge in [-0.25, -0.2) is 4.98 Å². The molecule has 170 valence electrons. The Bertz CT molecular complexity index is 1330. The van der Waals surface area contributed by atoms with Gasteiger partial charge in [-0.1, -0.05) is 41.7 Å². The summed E-state index contributed by atoms with van der Waals surface area (Å²) in [7, 11) is 1.86. The molecule has 0 bridgehead atoms. The molecule has 0 radical (unpaired) electrons. The number of rotatable bonds is 6. The van der Waals surface area contributed by atoms with E-state index >= 15 is 0 Å². The zero-order valence-electron chi connectivity index (χ0n) is 17.3. The van der Waals surface area contributed by atoms with Crippen LogP contribution in [0.5, 0.6) is 0 Å². The number of anilines is 2. The number of hydrogen-bond acceptors (Lipinski definition) is 6. The van der Waals surface area contributed by atoms with Gasteiger partial charge in [0.2, 0.25) is 5.91 Å². The summed E-state index contributed by atoms with van der Waals surface area (Å²) in [6.07, 6.45) is -3.22. The summed E-state index contributed by atoms with van der Waals surface area (Å²) in [5, 5.41) is 3.10. The second-order valence-corrected chi connectivity index (χ2v) is 8.27. The van der Waals surface area contributed by atoms with Gasteiger partial charge in [-0.2, -0.15) is 18.2 Å². The normalized spacial score (nSPS) is 11.5. The number of hydrogen-bond donors (Lipinski definition) is 1. The third-order valence-electron chi connectivity index (χ3n) is 4.77. The summed E-state index contributed by atoms with van der Waals surface area (Å²) < 4.78 is 39.4. The van der Waals surface area contributed by atoms with E-state index in [1.807, 2.05) is 42.3 Å². The minimum atomic E-state index is -4.46. The highest BCUT2D eigenvalue weighted by molar-refractivity contribution is 7.22. The molecule has 33 heavy (non-hydrogen) atoms. The first kappa shape index (κ1) is 22.5. The predicted molar refractivity (Wildman–Crippen MR) is 120 cm³/mol. The molecule has 0 atom stereocenters. The Labute approximate surface area is 190 Å². The first-order valence-electron chi connectivity index (χ1n) is 9.79. The molecule has 0 unspecified atom stereocenters. The van der Waals surface area contributed by atoms with Gasteiger partial charge in [0.15, 0.2) is 10.8 Å². The first-order valence-corrected chi connectivity index (χ1v) is 10.6. The summed E-state index contributed by atoms with van der Waals surface area (Å²) in [5.41, 5.74) is 0.339. The smallest absolute Gasteiger partial charge is 0.347 e. The minimum absolute atomic E-state index is 0.192. The Balaban J connectivity index is 1.47. The molecule has 0 saturated carbocycles. The molecule has 0 saturated heterocycles. The number of thiazole rings is 1. The molecule has 11 heteroatoms. The molecule has 2 heterocycles. The molecular formula is C22H18F3N5O2S. The number of nitrogens with one attached hydrogen (secondary N) is 1. The fraction of sp³-hybridized carbons (Fsp3) is 0.182. The molecule has 0 aliphatic heterocycles. The second kappa shape index (κ2) is 9.02. The van der Waals surface area contributed by atoms with Gasteiger partial charge in [0.25, 0.3) is 5.56 Å². The van der Waals surface area contributed by atoms with E-state index in [4.69, 9.17) is 0 Å². The number of alkyl halides is 3. The van der Waals surface area contributed by atoms with E-state index in [9.17, 15) is 22.8 Å². The molecule has 0 aliphatic carbocycles. The molecular weight excluding hydrogens is 455 g/mol. The van der Waals surface area contributed by atoms with Crippen LogP contribution >= 0.6 is 11.3 Å². The van der Waals surface area contributed by atoms with Gasteiger partial charge < -0.3 is 10.2 Å². The van der Waals surface area contributed by atoms with Crippen LogP contribution in [0.15, 0.2) is 65.7 Å². The minimum Gasteiger partial charge on any atom is -0.347 e. The number of halogens is 3. The third-order valence-corrected chi connectivity index (χ3v) is 5.92. The van der Waals surface area contributed by atoms with Crippen molar-refractivity contribution in [3.8, 4) is 0 Å². The molecule has 2 aromatic heterocycles. The van der Waals surface area contributed by atoms with Crippen molar-refractivity contribution in [3.05, 3.63) is 82.4 Å². The predicted octanol–water partition coefficient (Wildman–Crippen LogP) is 4.15. The van der Waals surface area contributed by atoms with Crippen LogP contribution in [-0.4, -0.2) is 27.5 Å². The van der Waals surface area contributed by atoms with Crippen molar-refractivity contribution in [2.45, 2.75) is 19.3 Å². The number of amides is 1. The maximum absolute atomic E-state index is 12.8. The summed E-state index contributed by atoms with van der Waals surface area (Å²) >= 11 is 1.18. The Hall–Kier alpha value is -3.73. The maximum atomic E-state index is 12.8. The largest absolute Gasteiger partial charge is 0.416 e. The van der Waals surface area contributed by atoms with Crippen molar-refractivity contribution in [2.75, 3.05) is 17.3 Å². The second-order valence-electron chi connectivity index (χ2n) is 7.29. The topological polar surface area (TPSA) is 80.1 Å². The molecule has 0 aliphatic rings. The molecule has 7 nitrogen and oxygen atoms in total.